The van der Waals surface area contributed by atoms with Crippen molar-refractivity contribution in [2.75, 3.05) is 12.4 Å². The summed E-state index contributed by atoms with van der Waals surface area (Å²) in [6.07, 6.45) is -0.805. The van der Waals surface area contributed by atoms with Gasteiger partial charge in [0.2, 0.25) is 0 Å². The normalized spacial score (nSPS) is 11.2. The number of nitrogens with zero attached hydrogens (tertiary/aromatic N) is 4. The van der Waals surface area contributed by atoms with Gasteiger partial charge < -0.3 is 10.1 Å². The fourth-order valence-electron chi connectivity index (χ4n) is 1.49. The van der Waals surface area contributed by atoms with Gasteiger partial charge in [-0.1, -0.05) is 0 Å². The number of halogens is 3. The Morgan fingerprint density at radius 2 is 2.24 bits per heavy atom. The van der Waals surface area contributed by atoms with E-state index in [2.05, 4.69) is 20.4 Å². The zero-order valence-electron chi connectivity index (χ0n) is 10.8. The highest BCUT2D eigenvalue weighted by Crippen LogP contribution is 2.20. The molecule has 0 saturated heterocycles. The minimum atomic E-state index is -4.41. The third-order valence-corrected chi connectivity index (χ3v) is 2.35. The van der Waals surface area contributed by atoms with Gasteiger partial charge in [0.15, 0.2) is 17.3 Å². The van der Waals surface area contributed by atoms with Crippen LogP contribution in [0.25, 0.3) is 0 Å². The molecule has 1 N–H and O–H groups in total. The predicted molar refractivity (Wildman–Crippen MR) is 64.8 cm³/mol. The fourth-order valence-corrected chi connectivity index (χ4v) is 1.49. The number of anilines is 1. The second-order valence-corrected chi connectivity index (χ2v) is 3.91. The number of carbonyl (C=O) groups is 1. The van der Waals surface area contributed by atoms with Crippen LogP contribution < -0.4 is 10.1 Å². The molecule has 0 saturated carbocycles. The quantitative estimate of drug-likeness (QED) is 0.925. The van der Waals surface area contributed by atoms with Gasteiger partial charge >= 0.3 is 6.18 Å². The van der Waals surface area contributed by atoms with Gasteiger partial charge in [0.05, 0.1) is 13.3 Å². The maximum Gasteiger partial charge on any atom is 0.408 e. The summed E-state index contributed by atoms with van der Waals surface area (Å²) < 4.78 is 42.2. The topological polar surface area (TPSA) is 81.9 Å². The third-order valence-electron chi connectivity index (χ3n) is 2.35. The predicted octanol–water partition coefficient (Wildman–Crippen LogP) is 1.50. The van der Waals surface area contributed by atoms with Crippen molar-refractivity contribution in [1.82, 2.24) is 19.7 Å². The Labute approximate surface area is 116 Å². The Kier molecular flexibility index (Phi) is 4.05. The third kappa shape index (κ3) is 3.91. The van der Waals surface area contributed by atoms with Crippen molar-refractivity contribution in [3.05, 3.63) is 30.5 Å². The lowest BCUT2D eigenvalue weighted by Gasteiger charge is -2.07. The maximum atomic E-state index is 12.2. The number of nitrogens with one attached hydrogen (secondary N) is 1. The molecule has 1 amide bonds. The van der Waals surface area contributed by atoms with E-state index in [1.54, 1.807) is 0 Å². The number of alkyl halides is 3. The van der Waals surface area contributed by atoms with Crippen molar-refractivity contribution in [2.45, 2.75) is 12.7 Å². The van der Waals surface area contributed by atoms with Crippen molar-refractivity contribution in [1.29, 1.82) is 0 Å². The second kappa shape index (κ2) is 5.77. The first kappa shape index (κ1) is 14.8. The molecule has 2 aromatic rings. The van der Waals surface area contributed by atoms with Crippen molar-refractivity contribution >= 4 is 11.7 Å². The lowest BCUT2D eigenvalue weighted by Crippen LogP contribution is -2.19. The molecule has 0 bridgehead atoms. The number of amides is 1. The Balaban J connectivity index is 2.10. The Bertz CT molecular complexity index is 641. The number of hydrogen-bond donors (Lipinski definition) is 1. The van der Waals surface area contributed by atoms with Gasteiger partial charge in [-0.15, -0.1) is 0 Å². The van der Waals surface area contributed by atoms with Gasteiger partial charge in [0.25, 0.3) is 5.91 Å². The van der Waals surface area contributed by atoms with Crippen LogP contribution in [0.3, 0.4) is 0 Å². The van der Waals surface area contributed by atoms with E-state index in [-0.39, 0.29) is 17.3 Å². The molecule has 0 radical (unpaired) electrons. The van der Waals surface area contributed by atoms with Crippen LogP contribution in [0.1, 0.15) is 10.5 Å². The number of aromatic nitrogens is 4. The van der Waals surface area contributed by atoms with Crippen LogP contribution in [0.5, 0.6) is 5.75 Å². The molecular weight excluding hydrogens is 291 g/mol. The number of methoxy groups -OCH3 is 1. The molecule has 7 nitrogen and oxygen atoms in total. The molecule has 0 aliphatic carbocycles. The molecule has 0 aliphatic heterocycles. The summed E-state index contributed by atoms with van der Waals surface area (Å²) in [5, 5.41) is 5.93. The average Bonchev–Trinajstić information content (AvgIpc) is 2.85. The second-order valence-electron chi connectivity index (χ2n) is 3.91. The van der Waals surface area contributed by atoms with Gasteiger partial charge in [-0.2, -0.15) is 18.3 Å². The molecule has 10 heteroatoms. The van der Waals surface area contributed by atoms with E-state index in [4.69, 9.17) is 4.74 Å². The summed E-state index contributed by atoms with van der Waals surface area (Å²) >= 11 is 0. The number of rotatable bonds is 4. The lowest BCUT2D eigenvalue weighted by molar-refractivity contribution is -0.142. The highest BCUT2D eigenvalue weighted by Gasteiger charge is 2.28. The number of carbonyl (C=O) groups excluding carboxylic acids is 1. The van der Waals surface area contributed by atoms with Crippen LogP contribution in [0.2, 0.25) is 0 Å². The van der Waals surface area contributed by atoms with E-state index in [0.29, 0.717) is 4.68 Å². The van der Waals surface area contributed by atoms with Gasteiger partial charge in [-0.25, -0.2) is 9.97 Å². The first-order valence-electron chi connectivity index (χ1n) is 5.64. The standard InChI is InChI=1S/C11H10F3N5O2/c1-21-8-4-15-6-16-9(8)17-10(20)7-2-3-19(18-7)5-11(12,13)14/h2-4,6H,5H2,1H3,(H,15,16,17,20). The van der Waals surface area contributed by atoms with Crippen LogP contribution in [-0.2, 0) is 6.54 Å². The zero-order valence-corrected chi connectivity index (χ0v) is 10.8. The molecule has 0 atom stereocenters. The molecule has 112 valence electrons. The summed E-state index contributed by atoms with van der Waals surface area (Å²) in [5.74, 6) is -0.378. The van der Waals surface area contributed by atoms with Crippen LogP contribution in [0.15, 0.2) is 24.8 Å². The highest BCUT2D eigenvalue weighted by molar-refractivity contribution is 6.02. The van der Waals surface area contributed by atoms with Crippen LogP contribution in [0.4, 0.5) is 19.0 Å². The van der Waals surface area contributed by atoms with E-state index >= 15 is 0 Å². The largest absolute Gasteiger partial charge is 0.491 e. The van der Waals surface area contributed by atoms with Gasteiger partial charge in [-0.05, 0) is 6.07 Å². The monoisotopic (exact) mass is 301 g/mol. The molecule has 0 aromatic carbocycles. The van der Waals surface area contributed by atoms with Crippen LogP contribution in [0, 0.1) is 0 Å². The van der Waals surface area contributed by atoms with Crippen LogP contribution >= 0.6 is 0 Å². The Morgan fingerprint density at radius 3 is 2.90 bits per heavy atom. The maximum absolute atomic E-state index is 12.2. The van der Waals surface area contributed by atoms with Crippen molar-refractivity contribution in [2.24, 2.45) is 0 Å². The summed E-state index contributed by atoms with van der Waals surface area (Å²) in [5.41, 5.74) is -0.167. The molecule has 0 unspecified atom stereocenters. The first-order valence-corrected chi connectivity index (χ1v) is 5.64. The Morgan fingerprint density at radius 1 is 1.48 bits per heavy atom. The number of ether oxygens (including phenoxy) is 1. The minimum absolute atomic E-state index is 0.0999. The zero-order chi connectivity index (χ0) is 15.5. The van der Waals surface area contributed by atoms with E-state index in [1.807, 2.05) is 0 Å². The van der Waals surface area contributed by atoms with E-state index in [0.717, 1.165) is 6.20 Å². The SMILES string of the molecule is COc1cncnc1NC(=O)c1ccn(CC(F)(F)F)n1. The fraction of sp³-hybridized carbons (Fsp3) is 0.273. The first-order chi connectivity index (χ1) is 9.89. The van der Waals surface area contributed by atoms with Gasteiger partial charge in [0.1, 0.15) is 12.9 Å². The van der Waals surface area contributed by atoms with E-state index in [9.17, 15) is 18.0 Å². The lowest BCUT2D eigenvalue weighted by atomic mass is 10.4. The molecule has 0 fully saturated rings. The van der Waals surface area contributed by atoms with E-state index in [1.165, 1.54) is 25.7 Å². The highest BCUT2D eigenvalue weighted by atomic mass is 19.4. The molecule has 2 aromatic heterocycles. The molecule has 2 rings (SSSR count). The summed E-state index contributed by atoms with van der Waals surface area (Å²) in [4.78, 5) is 19.4. The molecule has 0 spiro atoms. The van der Waals surface area contributed by atoms with Crippen molar-refractivity contribution in [3.63, 3.8) is 0 Å². The molecule has 21 heavy (non-hydrogen) atoms. The molecular formula is C11H10F3N5O2. The van der Waals surface area contributed by atoms with Crippen molar-refractivity contribution in [3.8, 4) is 5.75 Å². The van der Waals surface area contributed by atoms with E-state index < -0.39 is 18.6 Å². The summed E-state index contributed by atoms with van der Waals surface area (Å²) in [6, 6.07) is 1.18. The molecule has 2 heterocycles. The smallest absolute Gasteiger partial charge is 0.408 e. The Hall–Kier alpha value is -2.65. The van der Waals surface area contributed by atoms with Crippen LogP contribution in [-0.4, -0.2) is 38.9 Å². The van der Waals surface area contributed by atoms with Gasteiger partial charge in [-0.3, -0.25) is 9.48 Å². The number of hydrogen-bond acceptors (Lipinski definition) is 5. The average molecular weight is 301 g/mol. The summed E-state index contributed by atoms with van der Waals surface area (Å²) in [7, 11) is 1.37. The summed E-state index contributed by atoms with van der Waals surface area (Å²) in [6.45, 7) is -1.27. The minimum Gasteiger partial charge on any atom is -0.491 e. The van der Waals surface area contributed by atoms with Crippen molar-refractivity contribution < 1.29 is 22.7 Å². The van der Waals surface area contributed by atoms with Gasteiger partial charge in [0, 0.05) is 6.20 Å². The molecule has 0 aliphatic rings.